The van der Waals surface area contributed by atoms with Gasteiger partial charge < -0.3 is 14.4 Å². The van der Waals surface area contributed by atoms with Gasteiger partial charge in [0.15, 0.2) is 0 Å². The zero-order chi connectivity index (χ0) is 12.4. The van der Waals surface area contributed by atoms with Gasteiger partial charge in [0.05, 0.1) is 12.6 Å². The van der Waals surface area contributed by atoms with Gasteiger partial charge in [-0.3, -0.25) is 0 Å². The van der Waals surface area contributed by atoms with Crippen LogP contribution in [-0.4, -0.2) is 23.4 Å². The van der Waals surface area contributed by atoms with Crippen LogP contribution in [0.3, 0.4) is 0 Å². The molecule has 0 amide bonds. The van der Waals surface area contributed by atoms with Crippen LogP contribution in [0.5, 0.6) is 5.75 Å². The van der Waals surface area contributed by atoms with Gasteiger partial charge in [-0.15, -0.1) is 0 Å². The molecule has 0 aliphatic rings. The quantitative estimate of drug-likeness (QED) is 0.880. The number of ether oxygens (including phenoxy) is 1. The van der Waals surface area contributed by atoms with Crippen LogP contribution in [0.25, 0.3) is 10.9 Å². The Hall–Kier alpha value is -1.48. The number of methoxy groups -OCH3 is 1. The van der Waals surface area contributed by atoms with E-state index in [0.29, 0.717) is 0 Å². The molecule has 0 radical (unpaired) electrons. The fourth-order valence-electron chi connectivity index (χ4n) is 2.41. The van der Waals surface area contributed by atoms with Gasteiger partial charge >= 0.3 is 0 Å². The highest BCUT2D eigenvalue weighted by Gasteiger charge is 2.10. The molecule has 0 saturated heterocycles. The second-order valence-corrected chi connectivity index (χ2v) is 4.43. The minimum Gasteiger partial charge on any atom is -0.497 e. The number of aliphatic hydroxyl groups is 1. The number of benzene rings is 1. The standard InChI is InChI=1S/C14H19NO2/c1-10-7-12(17-3)8-13-11(5-4-6-16)9-15(2)14(10)13/h7-9,16H,4-6H2,1-3H3. The first-order valence-corrected chi connectivity index (χ1v) is 5.90. The van der Waals surface area contributed by atoms with Gasteiger partial charge in [-0.25, -0.2) is 0 Å². The summed E-state index contributed by atoms with van der Waals surface area (Å²) in [4.78, 5) is 0. The normalized spacial score (nSPS) is 11.1. The third kappa shape index (κ3) is 2.15. The molecule has 2 aromatic rings. The lowest BCUT2D eigenvalue weighted by atomic mass is 10.1. The Morgan fingerprint density at radius 3 is 2.76 bits per heavy atom. The summed E-state index contributed by atoms with van der Waals surface area (Å²) in [6, 6.07) is 4.13. The van der Waals surface area contributed by atoms with Gasteiger partial charge in [0, 0.05) is 25.2 Å². The molecule has 0 bridgehead atoms. The van der Waals surface area contributed by atoms with Crippen molar-refractivity contribution in [1.29, 1.82) is 0 Å². The molecule has 1 aromatic carbocycles. The molecule has 92 valence electrons. The SMILES string of the molecule is COc1cc(C)c2c(c1)c(CCCO)cn2C. The number of hydrogen-bond donors (Lipinski definition) is 1. The zero-order valence-corrected chi connectivity index (χ0v) is 10.7. The number of aryl methyl sites for hydroxylation is 3. The summed E-state index contributed by atoms with van der Waals surface area (Å²) in [6.07, 6.45) is 3.85. The second kappa shape index (κ2) is 4.80. The van der Waals surface area contributed by atoms with Gasteiger partial charge in [-0.2, -0.15) is 0 Å². The lowest BCUT2D eigenvalue weighted by Gasteiger charge is -2.05. The second-order valence-electron chi connectivity index (χ2n) is 4.43. The van der Waals surface area contributed by atoms with E-state index >= 15 is 0 Å². The van der Waals surface area contributed by atoms with Gasteiger partial charge in [-0.1, -0.05) is 0 Å². The summed E-state index contributed by atoms with van der Waals surface area (Å²) in [5, 5.41) is 10.2. The number of fused-ring (bicyclic) bond motifs is 1. The lowest BCUT2D eigenvalue weighted by molar-refractivity contribution is 0.288. The maximum Gasteiger partial charge on any atom is 0.119 e. The zero-order valence-electron chi connectivity index (χ0n) is 10.7. The van der Waals surface area contributed by atoms with Crippen molar-refractivity contribution in [1.82, 2.24) is 4.57 Å². The van der Waals surface area contributed by atoms with Gasteiger partial charge in [0.2, 0.25) is 0 Å². The van der Waals surface area contributed by atoms with E-state index in [0.717, 1.165) is 18.6 Å². The Balaban J connectivity index is 2.57. The van der Waals surface area contributed by atoms with Crippen LogP contribution in [-0.2, 0) is 13.5 Å². The maximum absolute atomic E-state index is 8.93. The summed E-state index contributed by atoms with van der Waals surface area (Å²) < 4.78 is 7.46. The molecule has 17 heavy (non-hydrogen) atoms. The van der Waals surface area contributed by atoms with Crippen molar-refractivity contribution in [3.63, 3.8) is 0 Å². The molecule has 1 N–H and O–H groups in total. The average Bonchev–Trinajstić information content (AvgIpc) is 2.63. The van der Waals surface area contributed by atoms with Crippen molar-refractivity contribution in [3.05, 3.63) is 29.5 Å². The molecule has 0 atom stereocenters. The van der Waals surface area contributed by atoms with Crippen molar-refractivity contribution in [2.24, 2.45) is 7.05 Å². The first-order chi connectivity index (χ1) is 8.17. The van der Waals surface area contributed by atoms with Gasteiger partial charge in [0.25, 0.3) is 0 Å². The van der Waals surface area contributed by atoms with E-state index in [1.54, 1.807) is 7.11 Å². The Morgan fingerprint density at radius 2 is 2.12 bits per heavy atom. The van der Waals surface area contributed by atoms with Crippen LogP contribution in [0.15, 0.2) is 18.3 Å². The predicted octanol–water partition coefficient (Wildman–Crippen LogP) is 2.42. The number of aromatic nitrogens is 1. The van der Waals surface area contributed by atoms with E-state index in [1.165, 1.54) is 22.0 Å². The van der Waals surface area contributed by atoms with Crippen molar-refractivity contribution in [2.45, 2.75) is 19.8 Å². The Morgan fingerprint density at radius 1 is 1.35 bits per heavy atom. The Bertz CT molecular complexity index is 528. The van der Waals surface area contributed by atoms with Crippen molar-refractivity contribution in [3.8, 4) is 5.75 Å². The minimum absolute atomic E-state index is 0.235. The fourth-order valence-corrected chi connectivity index (χ4v) is 2.41. The van der Waals surface area contributed by atoms with E-state index in [9.17, 15) is 0 Å². The summed E-state index contributed by atoms with van der Waals surface area (Å²) >= 11 is 0. The molecule has 0 fully saturated rings. The maximum atomic E-state index is 8.93. The van der Waals surface area contributed by atoms with Gasteiger partial charge in [-0.05, 0) is 43.0 Å². The third-order valence-electron chi connectivity index (χ3n) is 3.16. The topological polar surface area (TPSA) is 34.4 Å². The van der Waals surface area contributed by atoms with Gasteiger partial charge in [0.1, 0.15) is 5.75 Å². The van der Waals surface area contributed by atoms with Crippen molar-refractivity contribution in [2.75, 3.05) is 13.7 Å². The van der Waals surface area contributed by atoms with E-state index in [2.05, 4.69) is 36.9 Å². The van der Waals surface area contributed by atoms with E-state index in [-0.39, 0.29) is 6.61 Å². The van der Waals surface area contributed by atoms with Crippen molar-refractivity contribution >= 4 is 10.9 Å². The van der Waals surface area contributed by atoms with Crippen LogP contribution in [0.2, 0.25) is 0 Å². The number of aliphatic hydroxyl groups excluding tert-OH is 1. The number of hydrogen-bond acceptors (Lipinski definition) is 2. The highest BCUT2D eigenvalue weighted by molar-refractivity contribution is 5.88. The molecule has 0 unspecified atom stereocenters. The fraction of sp³-hybridized carbons (Fsp3) is 0.429. The average molecular weight is 233 g/mol. The molecule has 1 heterocycles. The monoisotopic (exact) mass is 233 g/mol. The van der Waals surface area contributed by atoms with Crippen LogP contribution in [0.1, 0.15) is 17.5 Å². The molecule has 0 aliphatic heterocycles. The predicted molar refractivity (Wildman–Crippen MR) is 69.6 cm³/mol. The Kier molecular flexibility index (Phi) is 3.38. The molecule has 3 nitrogen and oxygen atoms in total. The smallest absolute Gasteiger partial charge is 0.119 e. The highest BCUT2D eigenvalue weighted by atomic mass is 16.5. The molecule has 1 aromatic heterocycles. The number of rotatable bonds is 4. The molecule has 2 rings (SSSR count). The van der Waals surface area contributed by atoms with E-state index in [4.69, 9.17) is 9.84 Å². The van der Waals surface area contributed by atoms with Crippen LogP contribution < -0.4 is 4.74 Å². The molecule has 0 spiro atoms. The van der Waals surface area contributed by atoms with Crippen LogP contribution in [0, 0.1) is 6.92 Å². The highest BCUT2D eigenvalue weighted by Crippen LogP contribution is 2.29. The minimum atomic E-state index is 0.235. The first-order valence-electron chi connectivity index (χ1n) is 5.90. The first kappa shape index (κ1) is 12.0. The summed E-state index contributed by atoms with van der Waals surface area (Å²) in [7, 11) is 3.75. The largest absolute Gasteiger partial charge is 0.497 e. The molecule has 0 saturated carbocycles. The summed E-state index contributed by atoms with van der Waals surface area (Å²) in [5.41, 5.74) is 3.74. The van der Waals surface area contributed by atoms with E-state index < -0.39 is 0 Å². The molecule has 3 heteroatoms. The Labute approximate surface area is 102 Å². The molecule has 0 aliphatic carbocycles. The summed E-state index contributed by atoms with van der Waals surface area (Å²) in [6.45, 7) is 2.33. The third-order valence-corrected chi connectivity index (χ3v) is 3.16. The van der Waals surface area contributed by atoms with Crippen LogP contribution >= 0.6 is 0 Å². The van der Waals surface area contributed by atoms with E-state index in [1.807, 2.05) is 0 Å². The lowest BCUT2D eigenvalue weighted by Crippen LogP contribution is -1.90. The molecular weight excluding hydrogens is 214 g/mol. The molecular formula is C14H19NO2. The van der Waals surface area contributed by atoms with Crippen molar-refractivity contribution < 1.29 is 9.84 Å². The number of nitrogens with zero attached hydrogens (tertiary/aromatic N) is 1. The van der Waals surface area contributed by atoms with Crippen LogP contribution in [0.4, 0.5) is 0 Å². The summed E-state index contributed by atoms with van der Waals surface area (Å²) in [5.74, 6) is 0.895.